The van der Waals surface area contributed by atoms with Crippen molar-refractivity contribution in [2.45, 2.75) is 33.7 Å². The maximum absolute atomic E-state index is 12.5. The first-order valence-corrected chi connectivity index (χ1v) is 10.4. The zero-order valence-corrected chi connectivity index (χ0v) is 18.1. The summed E-state index contributed by atoms with van der Waals surface area (Å²) in [5.41, 5.74) is 3.14. The van der Waals surface area contributed by atoms with E-state index in [2.05, 4.69) is 22.4 Å². The molecule has 0 spiro atoms. The Morgan fingerprint density at radius 3 is 2.56 bits per heavy atom. The highest BCUT2D eigenvalue weighted by Gasteiger charge is 2.11. The number of benzene rings is 2. The quantitative estimate of drug-likeness (QED) is 0.428. The molecule has 0 aliphatic rings. The number of para-hydroxylation sites is 1. The summed E-state index contributed by atoms with van der Waals surface area (Å²) in [7, 11) is 0. The number of nitrogens with zero attached hydrogens (tertiary/aromatic N) is 4. The van der Waals surface area contributed by atoms with Crippen LogP contribution >= 0.6 is 0 Å². The van der Waals surface area contributed by atoms with Gasteiger partial charge in [0.25, 0.3) is 5.91 Å². The number of carbonyl (C=O) groups excluding carboxylic acids is 1. The molecule has 2 aromatic heterocycles. The maximum atomic E-state index is 12.5. The van der Waals surface area contributed by atoms with Gasteiger partial charge in [0.2, 0.25) is 0 Å². The molecule has 1 N–H and O–H groups in total. The monoisotopic (exact) mass is 431 g/mol. The molecule has 2 aromatic carbocycles. The van der Waals surface area contributed by atoms with Crippen molar-refractivity contribution < 1.29 is 14.3 Å². The van der Waals surface area contributed by atoms with Gasteiger partial charge in [-0.2, -0.15) is 10.2 Å². The average Bonchev–Trinajstić information content (AvgIpc) is 3.47. The van der Waals surface area contributed by atoms with Gasteiger partial charge in [0.1, 0.15) is 11.5 Å². The molecule has 0 fully saturated rings. The van der Waals surface area contributed by atoms with E-state index in [0.717, 1.165) is 23.5 Å². The van der Waals surface area contributed by atoms with Gasteiger partial charge in [-0.3, -0.25) is 4.79 Å². The number of nitrogens with one attached hydrogen (secondary N) is 1. The summed E-state index contributed by atoms with van der Waals surface area (Å²) in [6, 6.07) is 17.3. The molecule has 0 radical (unpaired) electrons. The van der Waals surface area contributed by atoms with Crippen molar-refractivity contribution in [3.63, 3.8) is 0 Å². The second kappa shape index (κ2) is 9.82. The molecule has 8 nitrogen and oxygen atoms in total. The van der Waals surface area contributed by atoms with Crippen LogP contribution in [0.25, 0.3) is 0 Å². The lowest BCUT2D eigenvalue weighted by molar-refractivity contribution is 0.102. The van der Waals surface area contributed by atoms with Crippen LogP contribution in [-0.2, 0) is 19.9 Å². The number of rotatable bonds is 9. The van der Waals surface area contributed by atoms with Crippen molar-refractivity contribution in [3.05, 3.63) is 90.0 Å². The third-order valence-electron chi connectivity index (χ3n) is 4.91. The second-order valence-electron chi connectivity index (χ2n) is 7.27. The van der Waals surface area contributed by atoms with Crippen LogP contribution < -0.4 is 14.8 Å². The van der Waals surface area contributed by atoms with E-state index in [1.165, 1.54) is 5.56 Å². The smallest absolute Gasteiger partial charge is 0.276 e. The summed E-state index contributed by atoms with van der Waals surface area (Å²) in [5, 5.41) is 11.3. The average molecular weight is 431 g/mol. The Balaban J connectivity index is 1.28. The van der Waals surface area contributed by atoms with Gasteiger partial charge >= 0.3 is 0 Å². The van der Waals surface area contributed by atoms with Crippen LogP contribution in [0.2, 0.25) is 0 Å². The minimum Gasteiger partial charge on any atom is -0.471 e. The predicted molar refractivity (Wildman–Crippen MR) is 121 cm³/mol. The topological polar surface area (TPSA) is 83.2 Å². The molecule has 0 aliphatic carbocycles. The van der Waals surface area contributed by atoms with Crippen LogP contribution in [0.1, 0.15) is 28.5 Å². The summed E-state index contributed by atoms with van der Waals surface area (Å²) in [4.78, 5) is 12.5. The molecule has 1 amide bonds. The molecule has 4 rings (SSSR count). The molecular formula is C24H25N5O3. The zero-order chi connectivity index (χ0) is 22.3. The number of amides is 1. The molecule has 164 valence electrons. The Morgan fingerprint density at radius 1 is 1.00 bits per heavy atom. The number of hydrogen-bond acceptors (Lipinski definition) is 5. The third kappa shape index (κ3) is 5.34. The van der Waals surface area contributed by atoms with Gasteiger partial charge in [-0.15, -0.1) is 0 Å². The fourth-order valence-corrected chi connectivity index (χ4v) is 3.06. The summed E-state index contributed by atoms with van der Waals surface area (Å²) < 4.78 is 14.7. The minimum atomic E-state index is -0.324. The Morgan fingerprint density at radius 2 is 1.78 bits per heavy atom. The van der Waals surface area contributed by atoms with Crippen molar-refractivity contribution in [2.24, 2.45) is 0 Å². The number of aryl methyl sites for hydroxylation is 2. The molecule has 4 aromatic rings. The first-order chi connectivity index (χ1) is 15.6. The number of carbonyl (C=O) groups is 1. The summed E-state index contributed by atoms with van der Waals surface area (Å²) in [6.45, 7) is 4.54. The van der Waals surface area contributed by atoms with Crippen molar-refractivity contribution in [1.29, 1.82) is 0 Å². The number of anilines is 1. The molecule has 0 saturated carbocycles. The highest BCUT2D eigenvalue weighted by Crippen LogP contribution is 2.17. The number of ether oxygens (including phenoxy) is 2. The second-order valence-corrected chi connectivity index (χ2v) is 7.27. The van der Waals surface area contributed by atoms with Crippen LogP contribution in [0.4, 0.5) is 5.69 Å². The molecule has 0 bridgehead atoms. The predicted octanol–water partition coefficient (Wildman–Crippen LogP) is 4.28. The minimum absolute atomic E-state index is 0.215. The van der Waals surface area contributed by atoms with Crippen molar-refractivity contribution in [1.82, 2.24) is 19.6 Å². The maximum Gasteiger partial charge on any atom is 0.276 e. The summed E-state index contributed by atoms with van der Waals surface area (Å²) in [6.07, 6.45) is 5.96. The molecule has 0 atom stereocenters. The van der Waals surface area contributed by atoms with Crippen molar-refractivity contribution in [2.75, 3.05) is 5.32 Å². The van der Waals surface area contributed by atoms with E-state index < -0.39 is 0 Å². The van der Waals surface area contributed by atoms with E-state index in [9.17, 15) is 4.79 Å². The lowest BCUT2D eigenvalue weighted by atomic mass is 10.2. The first kappa shape index (κ1) is 21.2. The standard InChI is InChI=1S/C24H25N5O3/c1-3-19-8-10-21(11-9-19)31-17-29-15-20(14-25-29)26-24(30)22-12-13-28(27-22)16-32-23-7-5-4-6-18(23)2/h4-15H,3,16-17H2,1-2H3,(H,26,30). The lowest BCUT2D eigenvalue weighted by Crippen LogP contribution is -2.14. The highest BCUT2D eigenvalue weighted by atomic mass is 16.5. The third-order valence-corrected chi connectivity index (χ3v) is 4.91. The van der Waals surface area contributed by atoms with Gasteiger partial charge in [0.05, 0.1) is 18.1 Å². The molecule has 0 saturated heterocycles. The van der Waals surface area contributed by atoms with Crippen LogP contribution in [0.15, 0.2) is 73.2 Å². The van der Waals surface area contributed by atoms with Gasteiger partial charge in [0.15, 0.2) is 19.2 Å². The molecule has 0 unspecified atom stereocenters. The van der Waals surface area contributed by atoms with Gasteiger partial charge < -0.3 is 14.8 Å². The van der Waals surface area contributed by atoms with Crippen LogP contribution in [0.5, 0.6) is 11.5 Å². The Kier molecular flexibility index (Phi) is 6.50. The summed E-state index contributed by atoms with van der Waals surface area (Å²) >= 11 is 0. The highest BCUT2D eigenvalue weighted by molar-refractivity contribution is 6.02. The molecule has 8 heteroatoms. The van der Waals surface area contributed by atoms with Gasteiger partial charge in [0, 0.05) is 6.20 Å². The van der Waals surface area contributed by atoms with E-state index in [4.69, 9.17) is 9.47 Å². The van der Waals surface area contributed by atoms with Gasteiger partial charge in [-0.05, 0) is 48.7 Å². The van der Waals surface area contributed by atoms with E-state index >= 15 is 0 Å². The molecule has 32 heavy (non-hydrogen) atoms. The van der Waals surface area contributed by atoms with E-state index in [1.54, 1.807) is 34.0 Å². The van der Waals surface area contributed by atoms with Crippen molar-refractivity contribution in [3.8, 4) is 11.5 Å². The first-order valence-electron chi connectivity index (χ1n) is 10.4. The SMILES string of the molecule is CCc1ccc(OCn2cc(NC(=O)c3ccn(COc4ccccc4C)n3)cn2)cc1. The Bertz CT molecular complexity index is 1180. The normalized spacial score (nSPS) is 10.7. The van der Waals surface area contributed by atoms with E-state index in [-0.39, 0.29) is 19.4 Å². The van der Waals surface area contributed by atoms with E-state index in [0.29, 0.717) is 11.4 Å². The number of aromatic nitrogens is 4. The Labute approximate surface area is 186 Å². The zero-order valence-electron chi connectivity index (χ0n) is 18.1. The van der Waals surface area contributed by atoms with Crippen molar-refractivity contribution >= 4 is 11.6 Å². The van der Waals surface area contributed by atoms with E-state index in [1.807, 2.05) is 55.5 Å². The van der Waals surface area contributed by atoms with Gasteiger partial charge in [-0.25, -0.2) is 9.36 Å². The molecule has 0 aliphatic heterocycles. The lowest BCUT2D eigenvalue weighted by Gasteiger charge is -2.08. The fraction of sp³-hybridized carbons (Fsp3) is 0.208. The molecular weight excluding hydrogens is 406 g/mol. The summed E-state index contributed by atoms with van der Waals surface area (Å²) in [5.74, 6) is 1.22. The van der Waals surface area contributed by atoms with Gasteiger partial charge in [-0.1, -0.05) is 37.3 Å². The van der Waals surface area contributed by atoms with Crippen LogP contribution in [-0.4, -0.2) is 25.5 Å². The fourth-order valence-electron chi connectivity index (χ4n) is 3.06. The Hall–Kier alpha value is -4.07. The number of hydrogen-bond donors (Lipinski definition) is 1. The largest absolute Gasteiger partial charge is 0.471 e. The molecule has 2 heterocycles. The van der Waals surface area contributed by atoms with Crippen LogP contribution in [0.3, 0.4) is 0 Å². The van der Waals surface area contributed by atoms with Crippen LogP contribution in [0, 0.1) is 6.92 Å².